The Balaban J connectivity index is 1.99. The molecular weight excluding hydrogens is 242 g/mol. The highest BCUT2D eigenvalue weighted by molar-refractivity contribution is 4.68. The van der Waals surface area contributed by atoms with Crippen LogP contribution in [0.3, 0.4) is 0 Å². The van der Waals surface area contributed by atoms with E-state index in [1.807, 2.05) is 0 Å². The molecule has 2 atom stereocenters. The maximum absolute atomic E-state index is 9.81. The van der Waals surface area contributed by atoms with E-state index in [2.05, 4.69) is 19.2 Å². The van der Waals surface area contributed by atoms with E-state index in [1.165, 1.54) is 19.3 Å². The molecule has 19 heavy (non-hydrogen) atoms. The molecule has 0 aromatic rings. The minimum absolute atomic E-state index is 0.327. The van der Waals surface area contributed by atoms with Gasteiger partial charge in [-0.2, -0.15) is 0 Å². The van der Waals surface area contributed by atoms with Crippen molar-refractivity contribution in [1.82, 2.24) is 5.32 Å². The second kappa shape index (κ2) is 9.70. The zero-order valence-corrected chi connectivity index (χ0v) is 12.5. The summed E-state index contributed by atoms with van der Waals surface area (Å²) in [6.07, 6.45) is 6.41. The van der Waals surface area contributed by atoms with E-state index < -0.39 is 6.10 Å². The van der Waals surface area contributed by atoms with Crippen LogP contribution < -0.4 is 5.32 Å². The standard InChI is InChI=1S/C15H31NO3/c1-12(2)8-13(17)9-16-10-14(18)11-19-15-6-4-3-5-7-15/h12-18H,3-11H2,1-2H3. The molecule has 0 spiro atoms. The van der Waals surface area contributed by atoms with Crippen molar-refractivity contribution in [3.05, 3.63) is 0 Å². The molecule has 1 fully saturated rings. The highest BCUT2D eigenvalue weighted by Gasteiger charge is 2.15. The monoisotopic (exact) mass is 273 g/mol. The Hall–Kier alpha value is -0.160. The van der Waals surface area contributed by atoms with Crippen LogP contribution in [0, 0.1) is 5.92 Å². The molecular formula is C15H31NO3. The Morgan fingerprint density at radius 1 is 1.05 bits per heavy atom. The number of aliphatic hydroxyl groups is 2. The van der Waals surface area contributed by atoms with E-state index in [0.717, 1.165) is 19.3 Å². The second-order valence-electron chi connectivity index (χ2n) is 6.19. The van der Waals surface area contributed by atoms with Crippen LogP contribution in [0.2, 0.25) is 0 Å². The van der Waals surface area contributed by atoms with Crippen LogP contribution in [0.4, 0.5) is 0 Å². The maximum atomic E-state index is 9.81. The molecule has 114 valence electrons. The lowest BCUT2D eigenvalue weighted by molar-refractivity contribution is -0.0236. The van der Waals surface area contributed by atoms with Gasteiger partial charge < -0.3 is 20.3 Å². The quantitative estimate of drug-likeness (QED) is 0.598. The van der Waals surface area contributed by atoms with Gasteiger partial charge in [0.05, 0.1) is 24.9 Å². The molecule has 1 aliphatic carbocycles. The molecule has 0 amide bonds. The molecule has 4 nitrogen and oxygen atoms in total. The highest BCUT2D eigenvalue weighted by atomic mass is 16.5. The first kappa shape index (κ1) is 16.9. The summed E-state index contributed by atoms with van der Waals surface area (Å²) < 4.78 is 5.71. The number of ether oxygens (including phenoxy) is 1. The number of hydrogen-bond acceptors (Lipinski definition) is 4. The molecule has 2 unspecified atom stereocenters. The van der Waals surface area contributed by atoms with E-state index in [0.29, 0.717) is 31.7 Å². The van der Waals surface area contributed by atoms with Crippen molar-refractivity contribution in [2.24, 2.45) is 5.92 Å². The van der Waals surface area contributed by atoms with Gasteiger partial charge in [-0.3, -0.25) is 0 Å². The van der Waals surface area contributed by atoms with Gasteiger partial charge in [-0.1, -0.05) is 33.1 Å². The van der Waals surface area contributed by atoms with Gasteiger partial charge in [0.25, 0.3) is 0 Å². The van der Waals surface area contributed by atoms with Crippen molar-refractivity contribution in [3.63, 3.8) is 0 Å². The van der Waals surface area contributed by atoms with Crippen molar-refractivity contribution in [3.8, 4) is 0 Å². The van der Waals surface area contributed by atoms with Gasteiger partial charge in [0, 0.05) is 13.1 Å². The average Bonchev–Trinajstić information content (AvgIpc) is 2.36. The zero-order valence-electron chi connectivity index (χ0n) is 12.5. The Morgan fingerprint density at radius 3 is 2.32 bits per heavy atom. The molecule has 3 N–H and O–H groups in total. The summed E-state index contributed by atoms with van der Waals surface area (Å²) in [4.78, 5) is 0. The minimum Gasteiger partial charge on any atom is -0.392 e. The summed E-state index contributed by atoms with van der Waals surface area (Å²) in [5.74, 6) is 0.497. The normalized spacial score (nSPS) is 20.7. The van der Waals surface area contributed by atoms with Crippen LogP contribution in [0.5, 0.6) is 0 Å². The van der Waals surface area contributed by atoms with Gasteiger partial charge in [-0.15, -0.1) is 0 Å². The summed E-state index contributed by atoms with van der Waals surface area (Å²) >= 11 is 0. The Morgan fingerprint density at radius 2 is 1.68 bits per heavy atom. The molecule has 0 aromatic carbocycles. The third-order valence-corrected chi connectivity index (χ3v) is 3.58. The van der Waals surface area contributed by atoms with Crippen LogP contribution in [0.1, 0.15) is 52.4 Å². The number of hydrogen-bond donors (Lipinski definition) is 3. The predicted molar refractivity (Wildman–Crippen MR) is 77.2 cm³/mol. The SMILES string of the molecule is CC(C)CC(O)CNCC(O)COC1CCCCC1. The van der Waals surface area contributed by atoms with Crippen LogP contribution in [0.25, 0.3) is 0 Å². The fourth-order valence-corrected chi connectivity index (χ4v) is 2.58. The van der Waals surface area contributed by atoms with Crippen molar-refractivity contribution >= 4 is 0 Å². The molecule has 0 heterocycles. The Labute approximate surface area is 117 Å². The lowest BCUT2D eigenvalue weighted by Gasteiger charge is -2.23. The number of nitrogens with one attached hydrogen (secondary N) is 1. The van der Waals surface area contributed by atoms with Crippen LogP contribution in [0.15, 0.2) is 0 Å². The summed E-state index contributed by atoms with van der Waals surface area (Å²) in [7, 11) is 0. The second-order valence-corrected chi connectivity index (χ2v) is 6.19. The van der Waals surface area contributed by atoms with Crippen molar-refractivity contribution in [2.45, 2.75) is 70.7 Å². The van der Waals surface area contributed by atoms with Crippen molar-refractivity contribution in [1.29, 1.82) is 0 Å². The lowest BCUT2D eigenvalue weighted by atomic mass is 9.98. The van der Waals surface area contributed by atoms with Crippen LogP contribution >= 0.6 is 0 Å². The fraction of sp³-hybridized carbons (Fsp3) is 1.00. The first-order valence-electron chi connectivity index (χ1n) is 7.76. The topological polar surface area (TPSA) is 61.7 Å². The summed E-state index contributed by atoms with van der Waals surface area (Å²) in [6, 6.07) is 0. The highest BCUT2D eigenvalue weighted by Crippen LogP contribution is 2.20. The summed E-state index contributed by atoms with van der Waals surface area (Å²) in [6.45, 7) is 5.62. The fourth-order valence-electron chi connectivity index (χ4n) is 2.58. The van der Waals surface area contributed by atoms with E-state index in [9.17, 15) is 10.2 Å². The minimum atomic E-state index is -0.479. The van der Waals surface area contributed by atoms with Gasteiger partial charge >= 0.3 is 0 Å². The van der Waals surface area contributed by atoms with Gasteiger partial charge in [-0.05, 0) is 25.2 Å². The molecule has 0 saturated heterocycles. The van der Waals surface area contributed by atoms with E-state index in [4.69, 9.17) is 4.74 Å². The largest absolute Gasteiger partial charge is 0.392 e. The Bertz CT molecular complexity index is 217. The van der Waals surface area contributed by atoms with Crippen molar-refractivity contribution < 1.29 is 14.9 Å². The lowest BCUT2D eigenvalue weighted by Crippen LogP contribution is -2.36. The predicted octanol–water partition coefficient (Wildman–Crippen LogP) is 1.69. The third kappa shape index (κ3) is 8.58. The molecule has 1 saturated carbocycles. The van der Waals surface area contributed by atoms with Crippen molar-refractivity contribution in [2.75, 3.05) is 19.7 Å². The smallest absolute Gasteiger partial charge is 0.0897 e. The van der Waals surface area contributed by atoms with Gasteiger partial charge in [-0.25, -0.2) is 0 Å². The van der Waals surface area contributed by atoms with Gasteiger partial charge in [0.15, 0.2) is 0 Å². The maximum Gasteiger partial charge on any atom is 0.0897 e. The number of aliphatic hydroxyl groups excluding tert-OH is 2. The summed E-state index contributed by atoms with van der Waals surface area (Å²) in [5.41, 5.74) is 0. The van der Waals surface area contributed by atoms with Gasteiger partial charge in [0.1, 0.15) is 0 Å². The van der Waals surface area contributed by atoms with Crippen LogP contribution in [-0.4, -0.2) is 48.2 Å². The van der Waals surface area contributed by atoms with E-state index in [1.54, 1.807) is 0 Å². The molecule has 1 rings (SSSR count). The van der Waals surface area contributed by atoms with E-state index >= 15 is 0 Å². The number of rotatable bonds is 9. The van der Waals surface area contributed by atoms with Crippen LogP contribution in [-0.2, 0) is 4.74 Å². The zero-order chi connectivity index (χ0) is 14.1. The molecule has 0 aromatic heterocycles. The molecule has 0 aliphatic heterocycles. The average molecular weight is 273 g/mol. The molecule has 1 aliphatic rings. The summed E-state index contributed by atoms with van der Waals surface area (Å²) in [5, 5.41) is 22.6. The molecule has 0 radical (unpaired) electrons. The first-order chi connectivity index (χ1) is 9.08. The third-order valence-electron chi connectivity index (χ3n) is 3.58. The Kier molecular flexibility index (Phi) is 8.62. The first-order valence-corrected chi connectivity index (χ1v) is 7.76. The van der Waals surface area contributed by atoms with Gasteiger partial charge in [0.2, 0.25) is 0 Å². The molecule has 4 heteroatoms. The molecule has 0 bridgehead atoms. The van der Waals surface area contributed by atoms with E-state index in [-0.39, 0.29) is 6.10 Å².